The summed E-state index contributed by atoms with van der Waals surface area (Å²) >= 11 is 0. The van der Waals surface area contributed by atoms with E-state index in [1.54, 1.807) is 0 Å². The highest BCUT2D eigenvalue weighted by molar-refractivity contribution is 5.75. The van der Waals surface area contributed by atoms with Crippen molar-refractivity contribution in [2.75, 3.05) is 5.73 Å². The van der Waals surface area contributed by atoms with Gasteiger partial charge in [-0.25, -0.2) is 4.68 Å². The lowest BCUT2D eigenvalue weighted by molar-refractivity contribution is 0.834. The minimum atomic E-state index is 0.780. The monoisotopic (exact) mass is 277 g/mol. The number of para-hydroxylation sites is 1. The molecule has 21 heavy (non-hydrogen) atoms. The molecule has 2 N–H and O–H groups in total. The summed E-state index contributed by atoms with van der Waals surface area (Å²) in [4.78, 5) is 0. The molecular weight excluding hydrogens is 258 g/mol. The number of aryl methyl sites for hydroxylation is 2. The van der Waals surface area contributed by atoms with Gasteiger partial charge in [-0.2, -0.15) is 5.10 Å². The molecule has 1 heterocycles. The lowest BCUT2D eigenvalue weighted by Gasteiger charge is -2.09. The van der Waals surface area contributed by atoms with Crippen LogP contribution >= 0.6 is 0 Å². The van der Waals surface area contributed by atoms with Crippen LogP contribution < -0.4 is 5.73 Å². The molecule has 106 valence electrons. The zero-order chi connectivity index (χ0) is 15.0. The third-order valence-electron chi connectivity index (χ3n) is 3.82. The van der Waals surface area contributed by atoms with Gasteiger partial charge in [-0.05, 0) is 56.2 Å². The molecule has 1 aromatic heterocycles. The van der Waals surface area contributed by atoms with E-state index >= 15 is 0 Å². The average molecular weight is 277 g/mol. The van der Waals surface area contributed by atoms with Crippen LogP contribution in [0.4, 0.5) is 5.69 Å². The van der Waals surface area contributed by atoms with Crippen LogP contribution in [0.2, 0.25) is 0 Å². The Morgan fingerprint density at radius 1 is 0.952 bits per heavy atom. The lowest BCUT2D eigenvalue weighted by Crippen LogP contribution is -1.98. The average Bonchev–Trinajstić information content (AvgIpc) is 2.78. The molecule has 0 amide bonds. The highest BCUT2D eigenvalue weighted by atomic mass is 15.3. The first-order valence-electron chi connectivity index (χ1n) is 7.06. The van der Waals surface area contributed by atoms with Crippen molar-refractivity contribution in [2.24, 2.45) is 0 Å². The SMILES string of the molecule is Cc1ccc(N)cc1-c1c(C)nn(-c2ccccc2)c1C. The number of rotatable bonds is 2. The fraction of sp³-hybridized carbons (Fsp3) is 0.167. The zero-order valence-corrected chi connectivity index (χ0v) is 12.6. The number of aromatic nitrogens is 2. The van der Waals surface area contributed by atoms with Crippen molar-refractivity contribution < 1.29 is 0 Å². The molecule has 0 saturated carbocycles. The Bertz CT molecular complexity index is 786. The number of hydrogen-bond donors (Lipinski definition) is 1. The van der Waals surface area contributed by atoms with Gasteiger partial charge in [-0.1, -0.05) is 24.3 Å². The van der Waals surface area contributed by atoms with Gasteiger partial charge in [0.1, 0.15) is 0 Å². The summed E-state index contributed by atoms with van der Waals surface area (Å²) in [5, 5.41) is 4.70. The Morgan fingerprint density at radius 3 is 2.38 bits per heavy atom. The van der Waals surface area contributed by atoms with E-state index in [9.17, 15) is 0 Å². The van der Waals surface area contributed by atoms with Crippen LogP contribution in [0.25, 0.3) is 16.8 Å². The summed E-state index contributed by atoms with van der Waals surface area (Å²) in [7, 11) is 0. The van der Waals surface area contributed by atoms with Gasteiger partial charge in [0.2, 0.25) is 0 Å². The molecule has 0 spiro atoms. The largest absolute Gasteiger partial charge is 0.399 e. The Labute approximate surface area is 125 Å². The zero-order valence-electron chi connectivity index (χ0n) is 12.6. The van der Waals surface area contributed by atoms with Crippen LogP contribution in [0.1, 0.15) is 17.0 Å². The van der Waals surface area contributed by atoms with Crippen molar-refractivity contribution in [3.05, 3.63) is 65.5 Å². The predicted molar refractivity (Wildman–Crippen MR) is 87.6 cm³/mol. The minimum Gasteiger partial charge on any atom is -0.399 e. The molecule has 0 bridgehead atoms. The fourth-order valence-corrected chi connectivity index (χ4v) is 2.76. The van der Waals surface area contributed by atoms with Crippen molar-refractivity contribution in [2.45, 2.75) is 20.8 Å². The molecule has 0 radical (unpaired) electrons. The number of hydrogen-bond acceptors (Lipinski definition) is 2. The van der Waals surface area contributed by atoms with Crippen molar-refractivity contribution >= 4 is 5.69 Å². The number of benzene rings is 2. The van der Waals surface area contributed by atoms with E-state index in [-0.39, 0.29) is 0 Å². The Kier molecular flexibility index (Phi) is 3.26. The third-order valence-corrected chi connectivity index (χ3v) is 3.82. The number of nitrogens with zero attached hydrogens (tertiary/aromatic N) is 2. The Hall–Kier alpha value is -2.55. The summed E-state index contributed by atoms with van der Waals surface area (Å²) in [5.41, 5.74) is 13.5. The summed E-state index contributed by atoms with van der Waals surface area (Å²) < 4.78 is 1.99. The molecule has 0 aliphatic rings. The second kappa shape index (κ2) is 5.09. The number of anilines is 1. The maximum atomic E-state index is 5.96. The Morgan fingerprint density at radius 2 is 1.67 bits per heavy atom. The van der Waals surface area contributed by atoms with Gasteiger partial charge in [0.05, 0.1) is 11.4 Å². The standard InChI is InChI=1S/C18H19N3/c1-12-9-10-15(19)11-17(12)18-13(2)20-21(14(18)3)16-7-5-4-6-8-16/h4-11H,19H2,1-3H3. The third kappa shape index (κ3) is 2.31. The van der Waals surface area contributed by atoms with Gasteiger partial charge in [-0.3, -0.25) is 0 Å². The van der Waals surface area contributed by atoms with E-state index in [1.165, 1.54) is 11.1 Å². The van der Waals surface area contributed by atoms with E-state index in [1.807, 2.05) is 41.9 Å². The van der Waals surface area contributed by atoms with Gasteiger partial charge < -0.3 is 5.73 Å². The van der Waals surface area contributed by atoms with Gasteiger partial charge in [0.25, 0.3) is 0 Å². The maximum Gasteiger partial charge on any atom is 0.0679 e. The molecule has 3 aromatic rings. The smallest absolute Gasteiger partial charge is 0.0679 e. The van der Waals surface area contributed by atoms with Gasteiger partial charge in [-0.15, -0.1) is 0 Å². The molecule has 0 atom stereocenters. The summed E-state index contributed by atoms with van der Waals surface area (Å²) in [5.74, 6) is 0. The second-order valence-electron chi connectivity index (χ2n) is 5.37. The fourth-order valence-electron chi connectivity index (χ4n) is 2.76. The highest BCUT2D eigenvalue weighted by Crippen LogP contribution is 2.32. The molecular formula is C18H19N3. The maximum absolute atomic E-state index is 5.96. The van der Waals surface area contributed by atoms with Crippen molar-refractivity contribution in [1.29, 1.82) is 0 Å². The quantitative estimate of drug-likeness (QED) is 0.718. The van der Waals surface area contributed by atoms with Gasteiger partial charge in [0, 0.05) is 16.9 Å². The van der Waals surface area contributed by atoms with E-state index in [0.717, 1.165) is 28.3 Å². The first kappa shape index (κ1) is 13.4. The predicted octanol–water partition coefficient (Wildman–Crippen LogP) is 4.05. The van der Waals surface area contributed by atoms with Gasteiger partial charge >= 0.3 is 0 Å². The van der Waals surface area contributed by atoms with Crippen molar-refractivity contribution in [1.82, 2.24) is 9.78 Å². The lowest BCUT2D eigenvalue weighted by atomic mass is 9.98. The number of nitrogen functional groups attached to an aromatic ring is 1. The Balaban J connectivity index is 2.22. The molecule has 0 aliphatic heterocycles. The van der Waals surface area contributed by atoms with Crippen molar-refractivity contribution in [3.8, 4) is 16.8 Å². The topological polar surface area (TPSA) is 43.8 Å². The molecule has 0 fully saturated rings. The van der Waals surface area contributed by atoms with E-state index in [2.05, 4.69) is 32.0 Å². The van der Waals surface area contributed by atoms with Gasteiger partial charge in [0.15, 0.2) is 0 Å². The molecule has 3 rings (SSSR count). The van der Waals surface area contributed by atoms with Crippen LogP contribution in [0.5, 0.6) is 0 Å². The molecule has 0 aliphatic carbocycles. The van der Waals surface area contributed by atoms with Crippen LogP contribution in [0, 0.1) is 20.8 Å². The first-order valence-corrected chi connectivity index (χ1v) is 7.06. The summed E-state index contributed by atoms with van der Waals surface area (Å²) in [6.07, 6.45) is 0. The van der Waals surface area contributed by atoms with E-state index in [0.29, 0.717) is 0 Å². The van der Waals surface area contributed by atoms with Crippen LogP contribution in [0.15, 0.2) is 48.5 Å². The molecule has 3 heteroatoms. The molecule has 3 nitrogen and oxygen atoms in total. The van der Waals surface area contributed by atoms with E-state index in [4.69, 9.17) is 10.8 Å². The summed E-state index contributed by atoms with van der Waals surface area (Å²) in [6, 6.07) is 16.2. The van der Waals surface area contributed by atoms with Crippen LogP contribution in [-0.2, 0) is 0 Å². The minimum absolute atomic E-state index is 0.780. The molecule has 0 unspecified atom stereocenters. The van der Waals surface area contributed by atoms with Crippen LogP contribution in [0.3, 0.4) is 0 Å². The first-order chi connectivity index (χ1) is 10.1. The molecule has 0 saturated heterocycles. The summed E-state index contributed by atoms with van der Waals surface area (Å²) in [6.45, 7) is 6.25. The normalized spacial score (nSPS) is 10.8. The van der Waals surface area contributed by atoms with E-state index < -0.39 is 0 Å². The molecule has 2 aromatic carbocycles. The highest BCUT2D eigenvalue weighted by Gasteiger charge is 2.16. The number of nitrogens with two attached hydrogens (primary N) is 1. The van der Waals surface area contributed by atoms with Crippen LogP contribution in [-0.4, -0.2) is 9.78 Å². The second-order valence-corrected chi connectivity index (χ2v) is 5.37. The van der Waals surface area contributed by atoms with Crippen molar-refractivity contribution in [3.63, 3.8) is 0 Å².